The van der Waals surface area contributed by atoms with E-state index in [1.54, 1.807) is 13.0 Å². The highest BCUT2D eigenvalue weighted by Crippen LogP contribution is 2.18. The summed E-state index contributed by atoms with van der Waals surface area (Å²) in [5.41, 5.74) is 1.92. The summed E-state index contributed by atoms with van der Waals surface area (Å²) < 4.78 is 9.35. The highest BCUT2D eigenvalue weighted by Gasteiger charge is 2.15. The van der Waals surface area contributed by atoms with Crippen LogP contribution in [0.1, 0.15) is 33.2 Å². The molecule has 0 radical (unpaired) electrons. The van der Waals surface area contributed by atoms with Gasteiger partial charge in [-0.15, -0.1) is 0 Å². The summed E-state index contributed by atoms with van der Waals surface area (Å²) in [7, 11) is 2.47. The van der Waals surface area contributed by atoms with Gasteiger partial charge >= 0.3 is 11.9 Å². The molecule has 1 N–H and O–H groups in total. The second-order valence-corrected chi connectivity index (χ2v) is 5.47. The molecule has 0 fully saturated rings. The number of esters is 2. The van der Waals surface area contributed by atoms with Gasteiger partial charge in [-0.3, -0.25) is 4.79 Å². The van der Waals surface area contributed by atoms with Gasteiger partial charge in [0.1, 0.15) is 0 Å². The molecule has 0 aromatic heterocycles. The SMILES string of the molecule is COC(=O)c1cc(NC(=O)C(C)=Cc2ccccc2)cc(C(=O)OC)c1. The van der Waals surface area contributed by atoms with Crippen LogP contribution in [0, 0.1) is 0 Å². The van der Waals surface area contributed by atoms with Crippen LogP contribution in [0.5, 0.6) is 0 Å². The van der Waals surface area contributed by atoms with E-state index >= 15 is 0 Å². The number of methoxy groups -OCH3 is 2. The molecule has 0 saturated carbocycles. The van der Waals surface area contributed by atoms with E-state index in [9.17, 15) is 14.4 Å². The van der Waals surface area contributed by atoms with Crippen LogP contribution >= 0.6 is 0 Å². The predicted octanol–water partition coefficient (Wildman–Crippen LogP) is 3.30. The van der Waals surface area contributed by atoms with Gasteiger partial charge in [-0.05, 0) is 36.8 Å². The van der Waals surface area contributed by atoms with Crippen molar-refractivity contribution in [2.45, 2.75) is 6.92 Å². The molecule has 0 spiro atoms. The van der Waals surface area contributed by atoms with Crippen LogP contribution in [0.3, 0.4) is 0 Å². The Morgan fingerprint density at radius 3 is 1.92 bits per heavy atom. The summed E-state index contributed by atoms with van der Waals surface area (Å²) in [6, 6.07) is 13.6. The summed E-state index contributed by atoms with van der Waals surface area (Å²) in [5.74, 6) is -1.60. The first-order chi connectivity index (χ1) is 12.4. The fourth-order valence-electron chi connectivity index (χ4n) is 2.27. The Morgan fingerprint density at radius 2 is 1.42 bits per heavy atom. The molecule has 0 bridgehead atoms. The number of hydrogen-bond donors (Lipinski definition) is 1. The number of carbonyl (C=O) groups excluding carboxylic acids is 3. The van der Waals surface area contributed by atoms with Crippen molar-refractivity contribution in [2.75, 3.05) is 19.5 Å². The molecule has 0 heterocycles. The van der Waals surface area contributed by atoms with Crippen molar-refractivity contribution < 1.29 is 23.9 Å². The van der Waals surface area contributed by atoms with Crippen molar-refractivity contribution in [2.24, 2.45) is 0 Å². The van der Waals surface area contributed by atoms with Crippen LogP contribution < -0.4 is 5.32 Å². The number of nitrogens with one attached hydrogen (secondary N) is 1. The number of ether oxygens (including phenoxy) is 2. The third-order valence-electron chi connectivity index (χ3n) is 3.57. The van der Waals surface area contributed by atoms with Gasteiger partial charge in [0.15, 0.2) is 0 Å². The molecular weight excluding hydrogens is 334 g/mol. The minimum atomic E-state index is -0.622. The highest BCUT2D eigenvalue weighted by atomic mass is 16.5. The minimum Gasteiger partial charge on any atom is -0.465 e. The van der Waals surface area contributed by atoms with E-state index in [0.29, 0.717) is 11.3 Å². The molecule has 2 aromatic carbocycles. The summed E-state index contributed by atoms with van der Waals surface area (Å²) in [4.78, 5) is 36.0. The first kappa shape index (κ1) is 18.9. The molecular formula is C20H19NO5. The monoisotopic (exact) mass is 353 g/mol. The van der Waals surface area contributed by atoms with Gasteiger partial charge in [0.05, 0.1) is 25.3 Å². The molecule has 2 aromatic rings. The fraction of sp³-hybridized carbons (Fsp3) is 0.150. The van der Waals surface area contributed by atoms with Crippen molar-refractivity contribution >= 4 is 29.6 Å². The number of carbonyl (C=O) groups is 3. The Balaban J connectivity index is 2.29. The van der Waals surface area contributed by atoms with Gasteiger partial charge in [0.25, 0.3) is 5.91 Å². The smallest absolute Gasteiger partial charge is 0.337 e. The zero-order chi connectivity index (χ0) is 19.1. The van der Waals surface area contributed by atoms with Gasteiger partial charge in [-0.2, -0.15) is 0 Å². The van der Waals surface area contributed by atoms with Gasteiger partial charge in [0.2, 0.25) is 0 Å². The molecule has 0 aliphatic rings. The maximum absolute atomic E-state index is 12.4. The molecule has 0 atom stereocenters. The number of rotatable bonds is 5. The quantitative estimate of drug-likeness (QED) is 0.659. The highest BCUT2D eigenvalue weighted by molar-refractivity contribution is 6.07. The molecule has 0 saturated heterocycles. The number of benzene rings is 2. The molecule has 0 aliphatic carbocycles. The van der Waals surface area contributed by atoms with E-state index in [1.807, 2.05) is 30.3 Å². The third kappa shape index (κ3) is 4.80. The Kier molecular flexibility index (Phi) is 6.27. The van der Waals surface area contributed by atoms with Gasteiger partial charge < -0.3 is 14.8 Å². The molecule has 1 amide bonds. The summed E-state index contributed by atoms with van der Waals surface area (Å²) in [6.45, 7) is 1.67. The van der Waals surface area contributed by atoms with Gasteiger partial charge in [-0.1, -0.05) is 30.3 Å². The van der Waals surface area contributed by atoms with E-state index in [0.717, 1.165) is 5.56 Å². The second kappa shape index (κ2) is 8.62. The molecule has 0 unspecified atom stereocenters. The van der Waals surface area contributed by atoms with Crippen molar-refractivity contribution in [3.8, 4) is 0 Å². The van der Waals surface area contributed by atoms with Gasteiger partial charge in [-0.25, -0.2) is 9.59 Å². The summed E-state index contributed by atoms with van der Waals surface area (Å²) >= 11 is 0. The van der Waals surface area contributed by atoms with Crippen LogP contribution in [0.15, 0.2) is 54.1 Å². The molecule has 2 rings (SSSR count). The first-order valence-corrected chi connectivity index (χ1v) is 7.81. The zero-order valence-corrected chi connectivity index (χ0v) is 14.7. The number of hydrogen-bond acceptors (Lipinski definition) is 5. The molecule has 0 aliphatic heterocycles. The van der Waals surface area contributed by atoms with Crippen LogP contribution in [0.4, 0.5) is 5.69 Å². The number of anilines is 1. The molecule has 134 valence electrons. The van der Waals surface area contributed by atoms with E-state index in [2.05, 4.69) is 14.8 Å². The second-order valence-electron chi connectivity index (χ2n) is 5.47. The Morgan fingerprint density at radius 1 is 0.885 bits per heavy atom. The minimum absolute atomic E-state index is 0.135. The van der Waals surface area contributed by atoms with E-state index in [4.69, 9.17) is 0 Å². The lowest BCUT2D eigenvalue weighted by atomic mass is 10.1. The normalized spacial score (nSPS) is 10.8. The Labute approximate surface area is 151 Å². The zero-order valence-electron chi connectivity index (χ0n) is 14.7. The standard InChI is InChI=1S/C20H19NO5/c1-13(9-14-7-5-4-6-8-14)18(22)21-17-11-15(19(23)25-2)10-16(12-17)20(24)26-3/h4-12H,1-3H3,(H,21,22). The third-order valence-corrected chi connectivity index (χ3v) is 3.57. The van der Waals surface area contributed by atoms with Crippen molar-refractivity contribution in [3.63, 3.8) is 0 Å². The van der Waals surface area contributed by atoms with Crippen molar-refractivity contribution in [1.82, 2.24) is 0 Å². The van der Waals surface area contributed by atoms with E-state index in [1.165, 1.54) is 32.4 Å². The number of amides is 1. The van der Waals surface area contributed by atoms with E-state index < -0.39 is 11.9 Å². The maximum atomic E-state index is 12.4. The van der Waals surface area contributed by atoms with Crippen LogP contribution in [-0.4, -0.2) is 32.1 Å². The largest absolute Gasteiger partial charge is 0.465 e. The van der Waals surface area contributed by atoms with Crippen LogP contribution in [-0.2, 0) is 14.3 Å². The molecule has 26 heavy (non-hydrogen) atoms. The van der Waals surface area contributed by atoms with Crippen molar-refractivity contribution in [3.05, 3.63) is 70.8 Å². The average molecular weight is 353 g/mol. The van der Waals surface area contributed by atoms with Crippen LogP contribution in [0.25, 0.3) is 6.08 Å². The predicted molar refractivity (Wildman–Crippen MR) is 97.8 cm³/mol. The average Bonchev–Trinajstić information content (AvgIpc) is 2.67. The fourth-order valence-corrected chi connectivity index (χ4v) is 2.27. The van der Waals surface area contributed by atoms with Crippen molar-refractivity contribution in [1.29, 1.82) is 0 Å². The van der Waals surface area contributed by atoms with E-state index in [-0.39, 0.29) is 17.0 Å². The summed E-state index contributed by atoms with van der Waals surface area (Å²) in [5, 5.41) is 2.68. The van der Waals surface area contributed by atoms with Gasteiger partial charge in [0, 0.05) is 11.3 Å². The lowest BCUT2D eigenvalue weighted by Gasteiger charge is -2.10. The lowest BCUT2D eigenvalue weighted by Crippen LogP contribution is -2.14. The molecule has 6 heteroatoms. The topological polar surface area (TPSA) is 81.7 Å². The summed E-state index contributed by atoms with van der Waals surface area (Å²) in [6.07, 6.45) is 1.74. The Bertz CT molecular complexity index is 822. The maximum Gasteiger partial charge on any atom is 0.337 e. The first-order valence-electron chi connectivity index (χ1n) is 7.81. The van der Waals surface area contributed by atoms with Crippen LogP contribution in [0.2, 0.25) is 0 Å². The Hall–Kier alpha value is -3.41. The molecule has 6 nitrogen and oxygen atoms in total. The lowest BCUT2D eigenvalue weighted by molar-refractivity contribution is -0.112.